The first-order chi connectivity index (χ1) is 13.2. The van der Waals surface area contributed by atoms with E-state index in [0.717, 1.165) is 43.1 Å². The van der Waals surface area contributed by atoms with Crippen molar-refractivity contribution in [1.82, 2.24) is 14.9 Å². The number of anilines is 2. The number of nitrogens with one attached hydrogen (secondary N) is 1. The molecule has 0 unspecified atom stereocenters. The smallest absolute Gasteiger partial charge is 0.410 e. The molecule has 3 heterocycles. The third-order valence-electron chi connectivity index (χ3n) is 4.82. The predicted molar refractivity (Wildman–Crippen MR) is 109 cm³/mol. The third kappa shape index (κ3) is 5.38. The van der Waals surface area contributed by atoms with Gasteiger partial charge in [0.25, 0.3) is 0 Å². The maximum absolute atomic E-state index is 12.4. The first kappa shape index (κ1) is 20.9. The Balaban J connectivity index is 1.70. The lowest BCUT2D eigenvalue weighted by molar-refractivity contribution is 0.0206. The quantitative estimate of drug-likeness (QED) is 0.765. The van der Waals surface area contributed by atoms with Crippen molar-refractivity contribution in [3.63, 3.8) is 0 Å². The summed E-state index contributed by atoms with van der Waals surface area (Å²) in [6.07, 6.45) is 1.59. The first-order valence-corrected chi connectivity index (χ1v) is 10.2. The fourth-order valence-corrected chi connectivity index (χ4v) is 3.65. The van der Waals surface area contributed by atoms with Crippen LogP contribution in [-0.2, 0) is 9.47 Å². The van der Waals surface area contributed by atoms with Crippen molar-refractivity contribution in [2.45, 2.75) is 52.2 Å². The normalized spacial score (nSPS) is 20.8. The van der Waals surface area contributed by atoms with Gasteiger partial charge in [0.1, 0.15) is 17.2 Å². The lowest BCUT2D eigenvalue weighted by Gasteiger charge is -2.35. The lowest BCUT2D eigenvalue weighted by atomic mass is 10.1. The summed E-state index contributed by atoms with van der Waals surface area (Å²) in [5.41, 5.74) is 0.460. The highest BCUT2D eigenvalue weighted by Crippen LogP contribution is 2.27. The Bertz CT molecular complexity index is 704. The van der Waals surface area contributed by atoms with Crippen LogP contribution in [0.4, 0.5) is 16.4 Å². The second kappa shape index (κ2) is 8.69. The SMILES string of the molecule is Cc1c(N[C@@H]2CCCN(C(=O)OC(C)(C)C)C2)nc(Cl)nc1N1CCOCC1. The van der Waals surface area contributed by atoms with E-state index in [1.807, 2.05) is 27.7 Å². The molecule has 2 fully saturated rings. The molecule has 1 aromatic heterocycles. The Hall–Kier alpha value is -1.80. The molecule has 1 amide bonds. The Kier molecular flexibility index (Phi) is 6.50. The molecule has 156 valence electrons. The molecule has 0 saturated carbocycles. The number of hydrogen-bond acceptors (Lipinski definition) is 7. The van der Waals surface area contributed by atoms with E-state index in [0.29, 0.717) is 26.3 Å². The maximum Gasteiger partial charge on any atom is 0.410 e. The van der Waals surface area contributed by atoms with Crippen molar-refractivity contribution in [2.24, 2.45) is 0 Å². The van der Waals surface area contributed by atoms with Gasteiger partial charge in [-0.1, -0.05) is 0 Å². The Morgan fingerprint density at radius 1 is 1.25 bits per heavy atom. The van der Waals surface area contributed by atoms with Crippen LogP contribution in [-0.4, -0.2) is 72.0 Å². The van der Waals surface area contributed by atoms with Crippen LogP contribution in [0.3, 0.4) is 0 Å². The second-order valence-corrected chi connectivity index (χ2v) is 8.64. The highest BCUT2D eigenvalue weighted by molar-refractivity contribution is 6.28. The van der Waals surface area contributed by atoms with Gasteiger partial charge in [0.05, 0.1) is 13.2 Å². The summed E-state index contributed by atoms with van der Waals surface area (Å²) in [5.74, 6) is 1.56. The molecular weight excluding hydrogens is 382 g/mol. The number of likely N-dealkylation sites (tertiary alicyclic amines) is 1. The summed E-state index contributed by atoms with van der Waals surface area (Å²) in [5, 5.41) is 3.69. The van der Waals surface area contributed by atoms with Gasteiger partial charge >= 0.3 is 6.09 Å². The van der Waals surface area contributed by atoms with E-state index in [9.17, 15) is 4.79 Å². The summed E-state index contributed by atoms with van der Waals surface area (Å²) in [4.78, 5) is 25.2. The van der Waals surface area contributed by atoms with Gasteiger partial charge in [-0.05, 0) is 52.1 Å². The summed E-state index contributed by atoms with van der Waals surface area (Å²) in [6, 6.07) is 0.0866. The van der Waals surface area contributed by atoms with Crippen LogP contribution in [0.25, 0.3) is 0 Å². The number of nitrogens with zero attached hydrogens (tertiary/aromatic N) is 4. The van der Waals surface area contributed by atoms with Crippen LogP contribution in [0.15, 0.2) is 0 Å². The van der Waals surface area contributed by atoms with Crippen molar-refractivity contribution in [2.75, 3.05) is 49.6 Å². The summed E-state index contributed by atoms with van der Waals surface area (Å²) in [7, 11) is 0. The minimum atomic E-state index is -0.499. The molecule has 9 heteroatoms. The van der Waals surface area contributed by atoms with Gasteiger partial charge in [-0.25, -0.2) is 14.8 Å². The van der Waals surface area contributed by atoms with E-state index in [4.69, 9.17) is 21.1 Å². The molecule has 0 spiro atoms. The molecule has 2 aliphatic rings. The minimum absolute atomic E-state index is 0.0866. The molecule has 1 aromatic rings. The molecule has 1 atom stereocenters. The van der Waals surface area contributed by atoms with Gasteiger partial charge in [0.15, 0.2) is 0 Å². The van der Waals surface area contributed by atoms with Crippen LogP contribution in [0.1, 0.15) is 39.2 Å². The number of piperidine rings is 1. The van der Waals surface area contributed by atoms with E-state index in [1.54, 1.807) is 4.90 Å². The molecule has 0 bridgehead atoms. The zero-order chi connectivity index (χ0) is 20.3. The highest BCUT2D eigenvalue weighted by Gasteiger charge is 2.28. The van der Waals surface area contributed by atoms with E-state index in [1.165, 1.54) is 0 Å². The lowest BCUT2D eigenvalue weighted by Crippen LogP contribution is -2.47. The standard InChI is InChI=1S/C19H30ClN5O3/c1-13-15(22-17(20)23-16(13)24-8-10-27-11-9-24)21-14-6-5-7-25(12-14)18(26)28-19(2,3)4/h14H,5-12H2,1-4H3,(H,21,22,23)/t14-/m1/s1. The van der Waals surface area contributed by atoms with Crippen molar-refractivity contribution in [3.8, 4) is 0 Å². The summed E-state index contributed by atoms with van der Waals surface area (Å²) in [6.45, 7) is 11.8. The average molecular weight is 412 g/mol. The van der Waals surface area contributed by atoms with Crippen molar-refractivity contribution < 1.29 is 14.3 Å². The fraction of sp³-hybridized carbons (Fsp3) is 0.737. The van der Waals surface area contributed by atoms with E-state index >= 15 is 0 Å². The molecule has 8 nitrogen and oxygen atoms in total. The number of aromatic nitrogens is 2. The maximum atomic E-state index is 12.4. The molecule has 28 heavy (non-hydrogen) atoms. The predicted octanol–water partition coefficient (Wildman–Crippen LogP) is 3.09. The van der Waals surface area contributed by atoms with Gasteiger partial charge in [0.2, 0.25) is 5.28 Å². The topological polar surface area (TPSA) is 79.8 Å². The largest absolute Gasteiger partial charge is 0.444 e. The number of hydrogen-bond donors (Lipinski definition) is 1. The number of halogens is 1. The number of morpholine rings is 1. The molecule has 3 rings (SSSR count). The third-order valence-corrected chi connectivity index (χ3v) is 4.99. The highest BCUT2D eigenvalue weighted by atomic mass is 35.5. The zero-order valence-corrected chi connectivity index (χ0v) is 17.9. The minimum Gasteiger partial charge on any atom is -0.444 e. The molecular formula is C19H30ClN5O3. The van der Waals surface area contributed by atoms with Crippen molar-refractivity contribution in [1.29, 1.82) is 0 Å². The molecule has 1 N–H and O–H groups in total. The monoisotopic (exact) mass is 411 g/mol. The van der Waals surface area contributed by atoms with E-state index in [2.05, 4.69) is 20.2 Å². The van der Waals surface area contributed by atoms with Gasteiger partial charge in [-0.2, -0.15) is 0 Å². The van der Waals surface area contributed by atoms with Gasteiger partial charge in [-0.3, -0.25) is 0 Å². The van der Waals surface area contributed by atoms with Crippen LogP contribution < -0.4 is 10.2 Å². The fourth-order valence-electron chi connectivity index (χ4n) is 3.48. The van der Waals surface area contributed by atoms with Gasteiger partial charge in [-0.15, -0.1) is 0 Å². The van der Waals surface area contributed by atoms with Gasteiger partial charge in [0, 0.05) is 37.8 Å². The zero-order valence-electron chi connectivity index (χ0n) is 17.1. The molecule has 0 aromatic carbocycles. The summed E-state index contributed by atoms with van der Waals surface area (Å²) >= 11 is 6.21. The van der Waals surface area contributed by atoms with Crippen LogP contribution in [0.5, 0.6) is 0 Å². The number of ether oxygens (including phenoxy) is 2. The number of carbonyl (C=O) groups excluding carboxylic acids is 1. The number of amides is 1. The van der Waals surface area contributed by atoms with E-state index < -0.39 is 5.60 Å². The van der Waals surface area contributed by atoms with Crippen LogP contribution in [0.2, 0.25) is 5.28 Å². The average Bonchev–Trinajstić information content (AvgIpc) is 2.64. The number of carbonyl (C=O) groups is 1. The molecule has 0 aliphatic carbocycles. The molecule has 0 radical (unpaired) electrons. The Morgan fingerprint density at radius 2 is 1.96 bits per heavy atom. The Morgan fingerprint density at radius 3 is 2.64 bits per heavy atom. The Labute approximate surface area is 171 Å². The molecule has 2 aliphatic heterocycles. The van der Waals surface area contributed by atoms with Crippen molar-refractivity contribution >= 4 is 29.3 Å². The van der Waals surface area contributed by atoms with Crippen molar-refractivity contribution in [3.05, 3.63) is 10.8 Å². The van der Waals surface area contributed by atoms with Crippen LogP contribution in [0, 0.1) is 6.92 Å². The number of rotatable bonds is 3. The second-order valence-electron chi connectivity index (χ2n) is 8.30. The first-order valence-electron chi connectivity index (χ1n) is 9.84. The van der Waals surface area contributed by atoms with E-state index in [-0.39, 0.29) is 17.4 Å². The van der Waals surface area contributed by atoms with Crippen LogP contribution >= 0.6 is 11.6 Å². The van der Waals surface area contributed by atoms with Gasteiger partial charge < -0.3 is 24.6 Å². The molecule has 2 saturated heterocycles. The summed E-state index contributed by atoms with van der Waals surface area (Å²) < 4.78 is 10.9.